The molecule has 0 N–H and O–H groups in total. The fourth-order valence-corrected chi connectivity index (χ4v) is 14.6. The molecule has 0 saturated heterocycles. The standard InChI is InChI=1S/C45H71O8PSi2/c1-13-50-54(47,51-14-2)35-42(46)36(3)43(53-55(11,12)44(4,5)6)33-39(49-34-37-28-30-38(48-10)31-29-37)23-21-22-32-52-56(45(7,8)9,40-24-17-15-18-25-40)41-26-19-16-20-27-41/h15-20,24-31,36,39,43H,13-14,21-23,32-35H2,1-12H3/t36-,39-,43+/m1/s1. The number of hydrogen-bond donors (Lipinski definition) is 0. The van der Waals surface area contributed by atoms with Crippen molar-refractivity contribution in [2.45, 2.75) is 130 Å². The molecule has 0 bridgehead atoms. The maximum atomic E-state index is 14.0. The second-order valence-corrected chi connectivity index (χ2v) is 28.4. The molecule has 0 amide bonds. The van der Waals surface area contributed by atoms with Gasteiger partial charge in [0.2, 0.25) is 0 Å². The van der Waals surface area contributed by atoms with E-state index in [1.165, 1.54) is 10.4 Å². The third-order valence-electron chi connectivity index (χ3n) is 11.1. The molecule has 3 aromatic carbocycles. The van der Waals surface area contributed by atoms with Crippen molar-refractivity contribution in [3.05, 3.63) is 90.5 Å². The van der Waals surface area contributed by atoms with Crippen LogP contribution in [-0.2, 0) is 38.6 Å². The normalized spacial score (nSPS) is 14.6. The van der Waals surface area contributed by atoms with Crippen LogP contribution in [0.25, 0.3) is 0 Å². The lowest BCUT2D eigenvalue weighted by atomic mass is 9.94. The van der Waals surface area contributed by atoms with Crippen LogP contribution in [0.4, 0.5) is 0 Å². The van der Waals surface area contributed by atoms with Gasteiger partial charge in [-0.15, -0.1) is 0 Å². The fraction of sp³-hybridized carbons (Fsp3) is 0.578. The van der Waals surface area contributed by atoms with Crippen LogP contribution in [-0.4, -0.2) is 67.7 Å². The number of Topliss-reactive ketones (excluding diaryl/α,β-unsaturated/α-hetero) is 1. The fourth-order valence-electron chi connectivity index (χ4n) is 6.90. The average Bonchev–Trinajstić information content (AvgIpc) is 3.14. The summed E-state index contributed by atoms with van der Waals surface area (Å²) >= 11 is 0. The molecule has 0 aliphatic rings. The van der Waals surface area contributed by atoms with Gasteiger partial charge in [-0.25, -0.2) is 0 Å². The number of ketones is 1. The molecule has 11 heteroatoms. The monoisotopic (exact) mass is 826 g/mol. The average molecular weight is 827 g/mol. The maximum Gasteiger partial charge on any atom is 0.338 e. The Hall–Kier alpha value is -2.41. The summed E-state index contributed by atoms with van der Waals surface area (Å²) in [6, 6.07) is 29.4. The summed E-state index contributed by atoms with van der Waals surface area (Å²) in [6.07, 6.45) is 2.04. The second-order valence-electron chi connectivity index (χ2n) is 17.3. The number of rotatable bonds is 24. The molecule has 8 nitrogen and oxygen atoms in total. The van der Waals surface area contributed by atoms with E-state index < -0.39 is 36.3 Å². The molecular weight excluding hydrogens is 756 g/mol. The van der Waals surface area contributed by atoms with E-state index in [4.69, 9.17) is 27.4 Å². The molecule has 0 fully saturated rings. The van der Waals surface area contributed by atoms with Gasteiger partial charge in [0, 0.05) is 12.5 Å². The molecule has 3 rings (SSSR count). The molecule has 312 valence electrons. The summed E-state index contributed by atoms with van der Waals surface area (Å²) in [6.45, 7) is 24.7. The lowest BCUT2D eigenvalue weighted by Crippen LogP contribution is -2.66. The zero-order valence-electron chi connectivity index (χ0n) is 36.4. The highest BCUT2D eigenvalue weighted by Gasteiger charge is 2.50. The van der Waals surface area contributed by atoms with Crippen molar-refractivity contribution in [3.63, 3.8) is 0 Å². The van der Waals surface area contributed by atoms with Crippen LogP contribution in [0.1, 0.15) is 93.6 Å². The molecule has 0 aromatic heterocycles. The molecule has 3 atom stereocenters. The van der Waals surface area contributed by atoms with E-state index in [-0.39, 0.29) is 41.3 Å². The van der Waals surface area contributed by atoms with E-state index in [2.05, 4.69) is 115 Å². The lowest BCUT2D eigenvalue weighted by molar-refractivity contribution is -0.124. The minimum atomic E-state index is -3.59. The van der Waals surface area contributed by atoms with Crippen molar-refractivity contribution < 1.29 is 36.7 Å². The Bertz CT molecular complexity index is 1590. The van der Waals surface area contributed by atoms with Gasteiger partial charge in [-0.2, -0.15) is 0 Å². The topological polar surface area (TPSA) is 89.5 Å². The molecule has 0 unspecified atom stereocenters. The van der Waals surface area contributed by atoms with Crippen LogP contribution in [0, 0.1) is 5.92 Å². The Kier molecular flexibility index (Phi) is 18.5. The predicted octanol–water partition coefficient (Wildman–Crippen LogP) is 10.6. The van der Waals surface area contributed by atoms with Crippen LogP contribution < -0.4 is 15.1 Å². The Morgan fingerprint density at radius 3 is 1.77 bits per heavy atom. The highest BCUT2D eigenvalue weighted by molar-refractivity contribution is 7.54. The third kappa shape index (κ3) is 13.3. The second kappa shape index (κ2) is 21.6. The van der Waals surface area contributed by atoms with E-state index in [1.54, 1.807) is 21.0 Å². The summed E-state index contributed by atoms with van der Waals surface area (Å²) in [5, 5.41) is 2.34. The van der Waals surface area contributed by atoms with Crippen LogP contribution >= 0.6 is 7.60 Å². The lowest BCUT2D eigenvalue weighted by Gasteiger charge is -2.43. The van der Waals surface area contributed by atoms with Crippen molar-refractivity contribution in [1.29, 1.82) is 0 Å². The maximum absolute atomic E-state index is 14.0. The number of hydrogen-bond acceptors (Lipinski definition) is 8. The Morgan fingerprint density at radius 1 is 0.768 bits per heavy atom. The Labute approximate surface area is 341 Å². The third-order valence-corrected chi connectivity index (χ3v) is 22.7. The zero-order valence-corrected chi connectivity index (χ0v) is 39.3. The quantitative estimate of drug-likeness (QED) is 0.0501. The van der Waals surface area contributed by atoms with Gasteiger partial charge in [0.1, 0.15) is 17.7 Å². The van der Waals surface area contributed by atoms with Crippen LogP contribution in [0.2, 0.25) is 23.2 Å². The van der Waals surface area contributed by atoms with Gasteiger partial charge in [0.15, 0.2) is 8.32 Å². The Balaban J connectivity index is 1.90. The zero-order chi connectivity index (χ0) is 41.6. The van der Waals surface area contributed by atoms with Crippen molar-refractivity contribution in [2.75, 3.05) is 33.1 Å². The molecule has 0 aliphatic carbocycles. The predicted molar refractivity (Wildman–Crippen MR) is 236 cm³/mol. The van der Waals surface area contributed by atoms with Crippen LogP contribution in [0.15, 0.2) is 84.9 Å². The molecule has 3 aromatic rings. The van der Waals surface area contributed by atoms with Crippen molar-refractivity contribution >= 4 is 40.4 Å². The Morgan fingerprint density at radius 2 is 1.30 bits per heavy atom. The first-order valence-electron chi connectivity index (χ1n) is 20.4. The van der Waals surface area contributed by atoms with Gasteiger partial charge in [0.05, 0.1) is 39.1 Å². The van der Waals surface area contributed by atoms with Crippen molar-refractivity contribution in [3.8, 4) is 5.75 Å². The van der Waals surface area contributed by atoms with Gasteiger partial charge in [-0.1, -0.05) is 121 Å². The number of carbonyl (C=O) groups is 1. The van der Waals surface area contributed by atoms with E-state index in [9.17, 15) is 9.36 Å². The van der Waals surface area contributed by atoms with Crippen molar-refractivity contribution in [1.82, 2.24) is 0 Å². The number of benzene rings is 3. The van der Waals surface area contributed by atoms with Crippen molar-refractivity contribution in [2.24, 2.45) is 5.92 Å². The first-order chi connectivity index (χ1) is 26.3. The summed E-state index contributed by atoms with van der Waals surface area (Å²) < 4.78 is 50.9. The first-order valence-corrected chi connectivity index (χ1v) is 26.9. The molecule has 0 spiro atoms. The SMILES string of the molecule is CCOP(=O)(CC(=O)[C@@H](C)[C@H](C[C@@H](CCCCO[Si](c1ccccc1)(c1ccccc1)C(C)(C)C)OCc1ccc(OC)cc1)O[Si](C)(C)C(C)(C)C)OCC. The number of carbonyl (C=O) groups excluding carboxylic acids is 1. The molecular formula is C45H71O8PSi2. The number of ether oxygens (including phenoxy) is 2. The van der Waals surface area contributed by atoms with Gasteiger partial charge in [-0.3, -0.25) is 9.36 Å². The van der Waals surface area contributed by atoms with Crippen LogP contribution in [0.5, 0.6) is 5.75 Å². The minimum Gasteiger partial charge on any atom is -0.497 e. The molecule has 0 saturated carbocycles. The van der Waals surface area contributed by atoms with E-state index >= 15 is 0 Å². The van der Waals surface area contributed by atoms with E-state index in [1.807, 2.05) is 31.2 Å². The van der Waals surface area contributed by atoms with Crippen LogP contribution in [0.3, 0.4) is 0 Å². The summed E-state index contributed by atoms with van der Waals surface area (Å²) in [4.78, 5) is 14.0. The van der Waals surface area contributed by atoms with Gasteiger partial charge in [0.25, 0.3) is 8.32 Å². The first kappa shape index (κ1) is 48.0. The van der Waals surface area contributed by atoms with Gasteiger partial charge >= 0.3 is 7.60 Å². The highest BCUT2D eigenvalue weighted by Crippen LogP contribution is 2.49. The van der Waals surface area contributed by atoms with Gasteiger partial charge in [-0.05, 0) is 90.8 Å². The molecule has 0 heterocycles. The summed E-state index contributed by atoms with van der Waals surface area (Å²) in [5.74, 6) is 0.0493. The summed E-state index contributed by atoms with van der Waals surface area (Å²) in [7, 11) is -6.94. The highest BCUT2D eigenvalue weighted by atomic mass is 31.2. The number of methoxy groups -OCH3 is 1. The van der Waals surface area contributed by atoms with Gasteiger partial charge < -0.3 is 27.4 Å². The molecule has 0 aliphatic heterocycles. The molecule has 56 heavy (non-hydrogen) atoms. The largest absolute Gasteiger partial charge is 0.497 e. The van der Waals surface area contributed by atoms with E-state index in [0.717, 1.165) is 30.6 Å². The number of unbranched alkanes of at least 4 members (excludes halogenated alkanes) is 1. The smallest absolute Gasteiger partial charge is 0.338 e. The molecule has 0 radical (unpaired) electrons. The van der Waals surface area contributed by atoms with E-state index in [0.29, 0.717) is 19.6 Å². The minimum absolute atomic E-state index is 0.0856. The summed E-state index contributed by atoms with van der Waals surface area (Å²) in [5.41, 5.74) is 1.03.